The van der Waals surface area contributed by atoms with Crippen LogP contribution in [0.1, 0.15) is 5.56 Å². The molecule has 17 heavy (non-hydrogen) atoms. The maximum absolute atomic E-state index is 11.8. The van der Waals surface area contributed by atoms with E-state index in [1.165, 1.54) is 13.2 Å². The van der Waals surface area contributed by atoms with Gasteiger partial charge >= 0.3 is 0 Å². The summed E-state index contributed by atoms with van der Waals surface area (Å²) < 4.78 is 23.9. The first-order chi connectivity index (χ1) is 7.94. The minimum atomic E-state index is -3.74. The normalized spacial score (nSPS) is 14.6. The predicted octanol–water partition coefficient (Wildman–Crippen LogP) is 0.783. The van der Waals surface area contributed by atoms with E-state index >= 15 is 0 Å². The number of carbonyl (C=O) groups is 1. The highest BCUT2D eigenvalue weighted by Gasteiger charge is 2.24. The standard InChI is InChI=1S/C9H9BrN2O4S/c1-16-12-17(14,15)8-2-5-3-9(13)11-7(5)4-6(8)10/h2,4,12H,3H2,1H3,(H,11,13). The molecule has 2 rings (SSSR count). The summed E-state index contributed by atoms with van der Waals surface area (Å²) in [4.78, 5) is 17.6. The average molecular weight is 321 g/mol. The molecule has 8 heteroatoms. The van der Waals surface area contributed by atoms with Crippen LogP contribution >= 0.6 is 15.9 Å². The van der Waals surface area contributed by atoms with Crippen LogP contribution in [0.15, 0.2) is 21.5 Å². The topological polar surface area (TPSA) is 84.5 Å². The fraction of sp³-hybridized carbons (Fsp3) is 0.222. The van der Waals surface area contributed by atoms with Gasteiger partial charge in [-0.25, -0.2) is 8.42 Å². The van der Waals surface area contributed by atoms with Gasteiger partial charge in [-0.15, -0.1) is 0 Å². The molecule has 0 aromatic heterocycles. The monoisotopic (exact) mass is 320 g/mol. The molecule has 0 radical (unpaired) electrons. The van der Waals surface area contributed by atoms with E-state index in [0.717, 1.165) is 0 Å². The number of halogens is 1. The molecule has 0 saturated carbocycles. The van der Waals surface area contributed by atoms with E-state index < -0.39 is 10.0 Å². The lowest BCUT2D eigenvalue weighted by Crippen LogP contribution is -2.22. The third kappa shape index (κ3) is 2.34. The number of hydrogen-bond acceptors (Lipinski definition) is 4. The van der Waals surface area contributed by atoms with Crippen molar-refractivity contribution in [3.05, 3.63) is 22.2 Å². The molecule has 1 aliphatic heterocycles. The molecule has 1 aromatic carbocycles. The smallest absolute Gasteiger partial charge is 0.263 e. The summed E-state index contributed by atoms with van der Waals surface area (Å²) in [5.74, 6) is -0.152. The number of carbonyl (C=O) groups excluding carboxylic acids is 1. The Kier molecular flexibility index (Phi) is 3.21. The zero-order valence-corrected chi connectivity index (χ0v) is 11.2. The number of amides is 1. The molecule has 1 amide bonds. The summed E-state index contributed by atoms with van der Waals surface area (Å²) in [5.41, 5.74) is 1.27. The Bertz CT molecular complexity index is 585. The number of benzene rings is 1. The second-order valence-electron chi connectivity index (χ2n) is 3.46. The van der Waals surface area contributed by atoms with Gasteiger partial charge in [-0.05, 0) is 33.6 Å². The van der Waals surface area contributed by atoms with Crippen molar-refractivity contribution in [2.24, 2.45) is 0 Å². The zero-order chi connectivity index (χ0) is 12.6. The molecule has 0 aliphatic carbocycles. The van der Waals surface area contributed by atoms with Crippen LogP contribution in [0.25, 0.3) is 0 Å². The quantitative estimate of drug-likeness (QED) is 0.806. The van der Waals surface area contributed by atoms with Gasteiger partial charge in [0.25, 0.3) is 10.0 Å². The van der Waals surface area contributed by atoms with Crippen molar-refractivity contribution in [3.63, 3.8) is 0 Å². The fourth-order valence-electron chi connectivity index (χ4n) is 1.59. The summed E-state index contributed by atoms with van der Waals surface area (Å²) in [7, 11) is -2.53. The van der Waals surface area contributed by atoms with Crippen molar-refractivity contribution < 1.29 is 18.0 Å². The lowest BCUT2D eigenvalue weighted by atomic mass is 10.2. The lowest BCUT2D eigenvalue weighted by Gasteiger charge is -2.08. The Balaban J connectivity index is 2.51. The summed E-state index contributed by atoms with van der Waals surface area (Å²) in [5, 5.41) is 2.63. The number of rotatable bonds is 3. The fourth-order valence-corrected chi connectivity index (χ4v) is 3.49. The molecule has 6 nitrogen and oxygen atoms in total. The second kappa shape index (κ2) is 4.37. The average Bonchev–Trinajstić information content (AvgIpc) is 2.55. The van der Waals surface area contributed by atoms with E-state index in [-0.39, 0.29) is 17.2 Å². The van der Waals surface area contributed by atoms with Crippen LogP contribution < -0.4 is 10.2 Å². The largest absolute Gasteiger partial charge is 0.325 e. The highest BCUT2D eigenvalue weighted by molar-refractivity contribution is 9.10. The maximum Gasteiger partial charge on any atom is 0.263 e. The van der Waals surface area contributed by atoms with Crippen molar-refractivity contribution >= 4 is 37.5 Å². The van der Waals surface area contributed by atoms with Crippen molar-refractivity contribution in [3.8, 4) is 0 Å². The molecular formula is C9H9BrN2O4S. The Morgan fingerprint density at radius 2 is 2.18 bits per heavy atom. The van der Waals surface area contributed by atoms with Gasteiger partial charge in [-0.2, -0.15) is 0 Å². The predicted molar refractivity (Wildman–Crippen MR) is 63.8 cm³/mol. The van der Waals surface area contributed by atoms with E-state index in [1.54, 1.807) is 6.07 Å². The van der Waals surface area contributed by atoms with Crippen molar-refractivity contribution in [2.45, 2.75) is 11.3 Å². The molecule has 1 aromatic rings. The van der Waals surface area contributed by atoms with Gasteiger partial charge in [0.1, 0.15) is 0 Å². The van der Waals surface area contributed by atoms with Crippen molar-refractivity contribution in [2.75, 3.05) is 12.4 Å². The summed E-state index contributed by atoms with van der Waals surface area (Å²) in [6.45, 7) is 0. The van der Waals surface area contributed by atoms with Gasteiger partial charge in [0, 0.05) is 10.2 Å². The van der Waals surface area contributed by atoms with E-state index in [9.17, 15) is 13.2 Å². The van der Waals surface area contributed by atoms with E-state index in [4.69, 9.17) is 0 Å². The maximum atomic E-state index is 11.8. The zero-order valence-electron chi connectivity index (χ0n) is 8.78. The summed E-state index contributed by atoms with van der Waals surface area (Å²) in [6.07, 6.45) is 0.179. The van der Waals surface area contributed by atoms with Crippen LogP contribution in [0.2, 0.25) is 0 Å². The molecule has 92 valence electrons. The SMILES string of the molecule is CONS(=O)(=O)c1cc2c(cc1Br)NC(=O)C2. The Morgan fingerprint density at radius 3 is 2.82 bits per heavy atom. The minimum absolute atomic E-state index is 0.0367. The molecule has 0 bridgehead atoms. The van der Waals surface area contributed by atoms with Crippen LogP contribution in [0.4, 0.5) is 5.69 Å². The molecule has 0 fully saturated rings. The van der Waals surface area contributed by atoms with Gasteiger partial charge in [0.15, 0.2) is 0 Å². The lowest BCUT2D eigenvalue weighted by molar-refractivity contribution is -0.115. The highest BCUT2D eigenvalue weighted by atomic mass is 79.9. The Morgan fingerprint density at radius 1 is 1.47 bits per heavy atom. The molecule has 1 heterocycles. The third-order valence-electron chi connectivity index (χ3n) is 2.27. The second-order valence-corrected chi connectivity index (χ2v) is 5.92. The van der Waals surface area contributed by atoms with Crippen molar-refractivity contribution in [1.29, 1.82) is 0 Å². The molecular weight excluding hydrogens is 312 g/mol. The Labute approximate surface area is 106 Å². The van der Waals surface area contributed by atoms with Crippen LogP contribution in [0.3, 0.4) is 0 Å². The number of hydrogen-bond donors (Lipinski definition) is 2. The number of fused-ring (bicyclic) bond motifs is 1. The van der Waals surface area contributed by atoms with Crippen LogP contribution in [0, 0.1) is 0 Å². The third-order valence-corrected chi connectivity index (χ3v) is 4.49. The highest BCUT2D eigenvalue weighted by Crippen LogP contribution is 2.32. The van der Waals surface area contributed by atoms with E-state index in [2.05, 4.69) is 26.1 Å². The first-order valence-corrected chi connectivity index (χ1v) is 6.89. The summed E-state index contributed by atoms with van der Waals surface area (Å²) >= 11 is 3.15. The first-order valence-electron chi connectivity index (χ1n) is 4.61. The van der Waals surface area contributed by atoms with Gasteiger partial charge in [-0.3, -0.25) is 9.63 Å². The Hall–Kier alpha value is -0.960. The van der Waals surface area contributed by atoms with E-state index in [1.807, 2.05) is 4.89 Å². The number of nitrogens with one attached hydrogen (secondary N) is 2. The minimum Gasteiger partial charge on any atom is -0.325 e. The molecule has 0 unspecified atom stereocenters. The molecule has 1 aliphatic rings. The molecule has 2 N–H and O–H groups in total. The van der Waals surface area contributed by atoms with Crippen LogP contribution in [-0.4, -0.2) is 21.4 Å². The van der Waals surface area contributed by atoms with Gasteiger partial charge in [0.2, 0.25) is 5.91 Å². The molecule has 0 atom stereocenters. The molecule has 0 spiro atoms. The van der Waals surface area contributed by atoms with Crippen molar-refractivity contribution in [1.82, 2.24) is 4.89 Å². The summed E-state index contributed by atoms with van der Waals surface area (Å²) in [6, 6.07) is 3.00. The molecule has 0 saturated heterocycles. The number of anilines is 1. The first kappa shape index (κ1) is 12.5. The van der Waals surface area contributed by atoms with Gasteiger partial charge < -0.3 is 5.32 Å². The van der Waals surface area contributed by atoms with Crippen LogP contribution in [-0.2, 0) is 26.1 Å². The van der Waals surface area contributed by atoms with Gasteiger partial charge in [0.05, 0.1) is 18.4 Å². The van der Waals surface area contributed by atoms with E-state index in [0.29, 0.717) is 15.7 Å². The number of sulfonamides is 1. The van der Waals surface area contributed by atoms with Crippen LogP contribution in [0.5, 0.6) is 0 Å². The van der Waals surface area contributed by atoms with Gasteiger partial charge in [-0.1, -0.05) is 4.89 Å².